The summed E-state index contributed by atoms with van der Waals surface area (Å²) in [6.07, 6.45) is 3.63. The summed E-state index contributed by atoms with van der Waals surface area (Å²) in [5.74, 6) is 0.325. The normalized spacial score (nSPS) is 10.5. The van der Waals surface area contributed by atoms with E-state index < -0.39 is 0 Å². The summed E-state index contributed by atoms with van der Waals surface area (Å²) in [4.78, 5) is 23.3. The van der Waals surface area contributed by atoms with Gasteiger partial charge < -0.3 is 10.2 Å². The van der Waals surface area contributed by atoms with E-state index in [1.807, 2.05) is 13.0 Å². The fourth-order valence-electron chi connectivity index (χ4n) is 2.41. The smallest absolute Gasteiger partial charge is 0.274 e. The Bertz CT molecular complexity index is 699. The van der Waals surface area contributed by atoms with E-state index in [9.17, 15) is 4.79 Å². The monoisotopic (exact) mass is 346 g/mol. The molecular weight excluding hydrogens is 324 g/mol. The highest BCUT2D eigenvalue weighted by atomic mass is 35.5. The van der Waals surface area contributed by atoms with Crippen LogP contribution in [0.25, 0.3) is 0 Å². The summed E-state index contributed by atoms with van der Waals surface area (Å²) in [6.45, 7) is 7.83. The summed E-state index contributed by atoms with van der Waals surface area (Å²) in [5.41, 5.74) is 1.86. The zero-order valence-electron chi connectivity index (χ0n) is 14.3. The van der Waals surface area contributed by atoms with E-state index in [0.29, 0.717) is 22.4 Å². The van der Waals surface area contributed by atoms with Crippen molar-refractivity contribution in [2.24, 2.45) is 0 Å². The van der Waals surface area contributed by atoms with Crippen LogP contribution in [0.1, 0.15) is 42.7 Å². The fourth-order valence-corrected chi connectivity index (χ4v) is 2.58. The maximum Gasteiger partial charge on any atom is 0.274 e. The molecule has 0 spiro atoms. The van der Waals surface area contributed by atoms with Gasteiger partial charge in [-0.2, -0.15) is 0 Å². The van der Waals surface area contributed by atoms with Crippen LogP contribution in [0.5, 0.6) is 0 Å². The predicted octanol–water partition coefficient (Wildman–Crippen LogP) is 4.32. The van der Waals surface area contributed by atoms with Gasteiger partial charge in [-0.15, -0.1) is 0 Å². The number of nitrogens with zero attached hydrogens (tertiary/aromatic N) is 3. The first kappa shape index (κ1) is 18.2. The van der Waals surface area contributed by atoms with Gasteiger partial charge in [0.1, 0.15) is 5.69 Å². The number of carbonyl (C=O) groups excluding carboxylic acids is 1. The van der Waals surface area contributed by atoms with Crippen LogP contribution in [0.15, 0.2) is 30.5 Å². The van der Waals surface area contributed by atoms with Crippen LogP contribution in [-0.4, -0.2) is 29.0 Å². The van der Waals surface area contributed by atoms with Gasteiger partial charge >= 0.3 is 0 Å². The Morgan fingerprint density at radius 2 is 1.92 bits per heavy atom. The number of hydrogen-bond donors (Lipinski definition) is 1. The topological polar surface area (TPSA) is 58.1 Å². The molecule has 0 unspecified atom stereocenters. The third kappa shape index (κ3) is 4.45. The van der Waals surface area contributed by atoms with Crippen molar-refractivity contribution in [3.63, 3.8) is 0 Å². The van der Waals surface area contributed by atoms with E-state index in [-0.39, 0.29) is 5.91 Å². The lowest BCUT2D eigenvalue weighted by atomic mass is 10.2. The van der Waals surface area contributed by atoms with Crippen molar-refractivity contribution in [3.8, 4) is 0 Å². The van der Waals surface area contributed by atoms with Crippen LogP contribution in [0.4, 0.5) is 11.6 Å². The maximum atomic E-state index is 12.5. The van der Waals surface area contributed by atoms with E-state index >= 15 is 0 Å². The molecule has 5 nitrogen and oxygen atoms in total. The Morgan fingerprint density at radius 3 is 2.58 bits per heavy atom. The second kappa shape index (κ2) is 8.64. The number of rotatable bonds is 7. The molecule has 0 radical (unpaired) electrons. The Labute approximate surface area is 148 Å². The summed E-state index contributed by atoms with van der Waals surface area (Å²) >= 11 is 6.10. The van der Waals surface area contributed by atoms with Gasteiger partial charge in [0.25, 0.3) is 5.91 Å². The molecule has 1 aromatic carbocycles. The molecule has 0 saturated carbocycles. The largest absolute Gasteiger partial charge is 0.341 e. The highest BCUT2D eigenvalue weighted by Gasteiger charge is 2.14. The SMILES string of the molecule is CCCN(CCC)c1nccc(C(=O)Nc2cccc(Cl)c2C)n1. The highest BCUT2D eigenvalue weighted by molar-refractivity contribution is 6.31. The van der Waals surface area contributed by atoms with E-state index in [1.54, 1.807) is 24.4 Å². The van der Waals surface area contributed by atoms with Crippen molar-refractivity contribution in [2.45, 2.75) is 33.6 Å². The molecule has 0 aliphatic carbocycles. The van der Waals surface area contributed by atoms with Crippen molar-refractivity contribution in [1.82, 2.24) is 9.97 Å². The first-order chi connectivity index (χ1) is 11.6. The predicted molar refractivity (Wildman–Crippen MR) is 99.0 cm³/mol. The second-order valence-electron chi connectivity index (χ2n) is 5.60. The number of aromatic nitrogens is 2. The lowest BCUT2D eigenvalue weighted by Crippen LogP contribution is -2.28. The van der Waals surface area contributed by atoms with Crippen molar-refractivity contribution >= 4 is 29.1 Å². The molecule has 1 heterocycles. The zero-order chi connectivity index (χ0) is 17.5. The number of anilines is 2. The van der Waals surface area contributed by atoms with Crippen LogP contribution < -0.4 is 10.2 Å². The zero-order valence-corrected chi connectivity index (χ0v) is 15.1. The van der Waals surface area contributed by atoms with Crippen molar-refractivity contribution < 1.29 is 4.79 Å². The lowest BCUT2D eigenvalue weighted by molar-refractivity contribution is 0.102. The minimum absolute atomic E-state index is 0.267. The quantitative estimate of drug-likeness (QED) is 0.811. The molecule has 0 bridgehead atoms. The third-order valence-electron chi connectivity index (χ3n) is 3.66. The van der Waals surface area contributed by atoms with E-state index in [0.717, 1.165) is 31.5 Å². The van der Waals surface area contributed by atoms with Gasteiger partial charge in [-0.05, 0) is 43.5 Å². The van der Waals surface area contributed by atoms with Crippen molar-refractivity contribution in [3.05, 3.63) is 46.7 Å². The molecule has 1 amide bonds. The van der Waals surface area contributed by atoms with Gasteiger partial charge in [0, 0.05) is 30.0 Å². The van der Waals surface area contributed by atoms with Crippen LogP contribution in [0.2, 0.25) is 5.02 Å². The molecule has 0 aliphatic heterocycles. The van der Waals surface area contributed by atoms with Crippen molar-refractivity contribution in [1.29, 1.82) is 0 Å². The van der Waals surface area contributed by atoms with Gasteiger partial charge in [0.15, 0.2) is 0 Å². The molecule has 0 aliphatic rings. The molecule has 6 heteroatoms. The van der Waals surface area contributed by atoms with Gasteiger partial charge in [-0.3, -0.25) is 4.79 Å². The maximum absolute atomic E-state index is 12.5. The molecule has 128 valence electrons. The van der Waals surface area contributed by atoms with Gasteiger partial charge in [0.05, 0.1) is 0 Å². The van der Waals surface area contributed by atoms with E-state index in [4.69, 9.17) is 11.6 Å². The lowest BCUT2D eigenvalue weighted by Gasteiger charge is -2.21. The molecular formula is C18H23ClN4O. The van der Waals surface area contributed by atoms with Crippen LogP contribution in [-0.2, 0) is 0 Å². The van der Waals surface area contributed by atoms with Gasteiger partial charge in [-0.25, -0.2) is 9.97 Å². The standard InChI is InChI=1S/C18H23ClN4O/c1-4-11-23(12-5-2)18-20-10-9-16(22-18)17(24)21-15-8-6-7-14(19)13(15)3/h6-10H,4-5,11-12H2,1-3H3,(H,21,24). The third-order valence-corrected chi connectivity index (χ3v) is 4.07. The molecule has 1 aromatic heterocycles. The minimum Gasteiger partial charge on any atom is -0.341 e. The van der Waals surface area contributed by atoms with Crippen molar-refractivity contribution in [2.75, 3.05) is 23.3 Å². The molecule has 1 N–H and O–H groups in total. The molecule has 24 heavy (non-hydrogen) atoms. The number of carbonyl (C=O) groups is 1. The molecule has 2 aromatic rings. The highest BCUT2D eigenvalue weighted by Crippen LogP contribution is 2.23. The summed E-state index contributed by atoms with van der Waals surface area (Å²) < 4.78 is 0. The second-order valence-corrected chi connectivity index (χ2v) is 6.00. The number of nitrogens with one attached hydrogen (secondary N) is 1. The van der Waals surface area contributed by atoms with Gasteiger partial charge in [-0.1, -0.05) is 31.5 Å². The summed E-state index contributed by atoms with van der Waals surface area (Å²) in [5, 5.41) is 3.48. The van der Waals surface area contributed by atoms with Crippen LogP contribution in [0, 0.1) is 6.92 Å². The van der Waals surface area contributed by atoms with Crippen LogP contribution in [0.3, 0.4) is 0 Å². The molecule has 2 rings (SSSR count). The first-order valence-electron chi connectivity index (χ1n) is 8.21. The average molecular weight is 347 g/mol. The van der Waals surface area contributed by atoms with E-state index in [1.165, 1.54) is 0 Å². The van der Waals surface area contributed by atoms with Crippen LogP contribution >= 0.6 is 11.6 Å². The number of benzene rings is 1. The average Bonchev–Trinajstić information content (AvgIpc) is 2.59. The Hall–Kier alpha value is -2.14. The fraction of sp³-hybridized carbons (Fsp3) is 0.389. The Morgan fingerprint density at radius 1 is 1.21 bits per heavy atom. The Kier molecular flexibility index (Phi) is 6.55. The first-order valence-corrected chi connectivity index (χ1v) is 8.59. The Balaban J connectivity index is 2.21. The molecule has 0 saturated heterocycles. The summed E-state index contributed by atoms with van der Waals surface area (Å²) in [7, 11) is 0. The summed E-state index contributed by atoms with van der Waals surface area (Å²) in [6, 6.07) is 7.04. The number of halogens is 1. The molecule has 0 atom stereocenters. The minimum atomic E-state index is -0.267. The number of amides is 1. The molecule has 0 fully saturated rings. The van der Waals surface area contributed by atoms with Gasteiger partial charge in [0.2, 0.25) is 5.95 Å². The van der Waals surface area contributed by atoms with E-state index in [2.05, 4.69) is 34.0 Å². The number of hydrogen-bond acceptors (Lipinski definition) is 4.